The molecule has 0 radical (unpaired) electrons. The summed E-state index contributed by atoms with van der Waals surface area (Å²) >= 11 is 3.29. The van der Waals surface area contributed by atoms with E-state index in [1.54, 1.807) is 42.5 Å². The lowest BCUT2D eigenvalue weighted by atomic mass is 10.2. The highest BCUT2D eigenvalue weighted by Gasteiger charge is 2.30. The van der Waals surface area contributed by atoms with Gasteiger partial charge in [-0.2, -0.15) is 9.41 Å². The van der Waals surface area contributed by atoms with Crippen LogP contribution in [-0.2, 0) is 21.4 Å². The Kier molecular flexibility index (Phi) is 8.85. The van der Waals surface area contributed by atoms with Gasteiger partial charge in [0, 0.05) is 22.6 Å². The van der Waals surface area contributed by atoms with E-state index in [1.165, 1.54) is 38.6 Å². The van der Waals surface area contributed by atoms with Crippen molar-refractivity contribution in [3.63, 3.8) is 0 Å². The van der Waals surface area contributed by atoms with Crippen molar-refractivity contribution in [2.24, 2.45) is 5.10 Å². The molecule has 2 N–H and O–H groups in total. The molecule has 0 aromatic heterocycles. The number of phenols is 1. The van der Waals surface area contributed by atoms with E-state index in [2.05, 4.69) is 26.5 Å². The van der Waals surface area contributed by atoms with Gasteiger partial charge in [-0.15, -0.1) is 0 Å². The lowest BCUT2D eigenvalue weighted by Crippen LogP contribution is -2.39. The number of methoxy groups -OCH3 is 2. The molecule has 35 heavy (non-hydrogen) atoms. The molecule has 11 heteroatoms. The average molecular weight is 562 g/mol. The minimum absolute atomic E-state index is 0.0235. The number of rotatable bonds is 10. The number of carbonyl (C=O) groups excluding carboxylic acids is 1. The van der Waals surface area contributed by atoms with E-state index in [0.29, 0.717) is 16.9 Å². The van der Waals surface area contributed by atoms with Gasteiger partial charge in [-0.1, -0.05) is 46.3 Å². The molecule has 0 fully saturated rings. The first kappa shape index (κ1) is 26.2. The molecule has 0 atom stereocenters. The highest BCUT2D eigenvalue weighted by atomic mass is 79.9. The summed E-state index contributed by atoms with van der Waals surface area (Å²) in [4.78, 5) is 12.5. The minimum Gasteiger partial charge on any atom is -0.507 e. The van der Waals surface area contributed by atoms with Crippen LogP contribution in [0.4, 0.5) is 0 Å². The number of nitrogens with one attached hydrogen (secondary N) is 1. The van der Waals surface area contributed by atoms with Gasteiger partial charge in [0.15, 0.2) is 0 Å². The summed E-state index contributed by atoms with van der Waals surface area (Å²) in [7, 11) is -1.40. The van der Waals surface area contributed by atoms with Crippen molar-refractivity contribution in [1.29, 1.82) is 0 Å². The van der Waals surface area contributed by atoms with Crippen LogP contribution in [0.5, 0.6) is 17.2 Å². The molecule has 0 unspecified atom stereocenters. The Labute approximate surface area is 212 Å². The molecule has 0 bridgehead atoms. The van der Waals surface area contributed by atoms with Crippen LogP contribution >= 0.6 is 15.9 Å². The van der Waals surface area contributed by atoms with Crippen LogP contribution in [0.1, 0.15) is 11.1 Å². The Morgan fingerprint density at radius 1 is 1.09 bits per heavy atom. The molecule has 0 aliphatic heterocycles. The van der Waals surface area contributed by atoms with Gasteiger partial charge in [-0.05, 0) is 35.9 Å². The topological polar surface area (TPSA) is 118 Å². The molecule has 0 spiro atoms. The third-order valence-corrected chi connectivity index (χ3v) is 7.20. The normalized spacial score (nSPS) is 11.5. The summed E-state index contributed by atoms with van der Waals surface area (Å²) in [5.41, 5.74) is 3.37. The summed E-state index contributed by atoms with van der Waals surface area (Å²) < 4.78 is 39.4. The molecule has 0 aliphatic carbocycles. The number of aromatic hydroxyl groups is 1. The molecular formula is C24H24BrN3O6S. The van der Waals surface area contributed by atoms with E-state index >= 15 is 0 Å². The number of carbonyl (C=O) groups is 1. The van der Waals surface area contributed by atoms with E-state index in [4.69, 9.17) is 9.47 Å². The SMILES string of the molecule is COc1ccc(OC)c(S(=O)(=O)N(CC(=O)N/N=C/c2cc(Br)ccc2O)Cc2ccccc2)c1. The Bertz CT molecular complexity index is 1320. The number of ether oxygens (including phenoxy) is 2. The molecule has 9 nitrogen and oxygen atoms in total. The van der Waals surface area contributed by atoms with Crippen molar-refractivity contribution in [2.45, 2.75) is 11.4 Å². The number of hydrazone groups is 1. The number of halogens is 1. The van der Waals surface area contributed by atoms with Crippen LogP contribution < -0.4 is 14.9 Å². The van der Waals surface area contributed by atoms with Crippen LogP contribution in [0.15, 0.2) is 81.2 Å². The first-order chi connectivity index (χ1) is 16.7. The average Bonchev–Trinajstić information content (AvgIpc) is 2.86. The second-order valence-corrected chi connectivity index (χ2v) is 10.1. The van der Waals surface area contributed by atoms with Crippen molar-refractivity contribution in [2.75, 3.05) is 20.8 Å². The summed E-state index contributed by atoms with van der Waals surface area (Å²) in [5.74, 6) is -0.249. The first-order valence-corrected chi connectivity index (χ1v) is 12.5. The zero-order valence-corrected chi connectivity index (χ0v) is 21.4. The second kappa shape index (κ2) is 11.8. The third kappa shape index (κ3) is 6.81. The number of benzene rings is 3. The summed E-state index contributed by atoms with van der Waals surface area (Å²) in [5, 5.41) is 13.7. The number of hydrogen-bond acceptors (Lipinski definition) is 7. The van der Waals surface area contributed by atoms with Gasteiger partial charge >= 0.3 is 0 Å². The van der Waals surface area contributed by atoms with Crippen molar-refractivity contribution >= 4 is 38.1 Å². The van der Waals surface area contributed by atoms with Crippen LogP contribution in [-0.4, -0.2) is 50.7 Å². The molecule has 0 saturated heterocycles. The molecule has 3 rings (SSSR count). The number of hydrogen-bond donors (Lipinski definition) is 2. The highest BCUT2D eigenvalue weighted by molar-refractivity contribution is 9.10. The maximum Gasteiger partial charge on any atom is 0.255 e. The van der Waals surface area contributed by atoms with Crippen LogP contribution in [0, 0.1) is 0 Å². The van der Waals surface area contributed by atoms with E-state index in [0.717, 1.165) is 8.78 Å². The number of sulfonamides is 1. The lowest BCUT2D eigenvalue weighted by Gasteiger charge is -2.23. The quantitative estimate of drug-likeness (QED) is 0.289. The van der Waals surface area contributed by atoms with Crippen molar-refractivity contribution in [1.82, 2.24) is 9.73 Å². The number of amides is 1. The molecule has 3 aromatic carbocycles. The van der Waals surface area contributed by atoms with E-state index < -0.39 is 22.5 Å². The maximum absolute atomic E-state index is 13.6. The number of nitrogens with zero attached hydrogens (tertiary/aromatic N) is 2. The van der Waals surface area contributed by atoms with Gasteiger partial charge in [-0.25, -0.2) is 13.8 Å². The largest absolute Gasteiger partial charge is 0.507 e. The molecule has 184 valence electrons. The lowest BCUT2D eigenvalue weighted by molar-refractivity contribution is -0.121. The predicted octanol–water partition coefficient (Wildman–Crippen LogP) is 3.51. The fourth-order valence-corrected chi connectivity index (χ4v) is 5.07. The maximum atomic E-state index is 13.6. The van der Waals surface area contributed by atoms with Crippen molar-refractivity contribution in [3.05, 3.63) is 82.3 Å². The monoisotopic (exact) mass is 561 g/mol. The van der Waals surface area contributed by atoms with Gasteiger partial charge < -0.3 is 14.6 Å². The van der Waals surface area contributed by atoms with Crippen molar-refractivity contribution in [3.8, 4) is 17.2 Å². The van der Waals surface area contributed by atoms with E-state index in [1.807, 2.05) is 6.07 Å². The molecule has 3 aromatic rings. The summed E-state index contributed by atoms with van der Waals surface area (Å²) in [6.07, 6.45) is 1.26. The van der Waals surface area contributed by atoms with Crippen LogP contribution in [0.25, 0.3) is 0 Å². The first-order valence-electron chi connectivity index (χ1n) is 10.3. The van der Waals surface area contributed by atoms with E-state index in [9.17, 15) is 18.3 Å². The molecule has 0 saturated carbocycles. The van der Waals surface area contributed by atoms with Gasteiger partial charge in [0.1, 0.15) is 22.1 Å². The Hall–Kier alpha value is -3.41. The standard InChI is InChI=1S/C24H24BrN3O6S/c1-33-20-9-11-22(34-2)23(13-20)35(31,32)28(15-17-6-4-3-5-7-17)16-24(30)27-26-14-18-12-19(25)8-10-21(18)29/h3-14,29H,15-16H2,1-2H3,(H,27,30)/b26-14+. The fraction of sp³-hybridized carbons (Fsp3) is 0.167. The molecule has 0 heterocycles. The van der Waals surface area contributed by atoms with Gasteiger partial charge in [0.2, 0.25) is 10.0 Å². The van der Waals surface area contributed by atoms with Crippen LogP contribution in [0.3, 0.4) is 0 Å². The Morgan fingerprint density at radius 3 is 2.51 bits per heavy atom. The smallest absolute Gasteiger partial charge is 0.255 e. The third-order valence-electron chi connectivity index (χ3n) is 4.89. The Morgan fingerprint density at radius 2 is 1.83 bits per heavy atom. The van der Waals surface area contributed by atoms with Gasteiger partial charge in [-0.3, -0.25) is 4.79 Å². The second-order valence-electron chi connectivity index (χ2n) is 7.27. The van der Waals surface area contributed by atoms with Gasteiger partial charge in [0.25, 0.3) is 5.91 Å². The van der Waals surface area contributed by atoms with Gasteiger partial charge in [0.05, 0.1) is 27.0 Å². The molecule has 1 amide bonds. The summed E-state index contributed by atoms with van der Waals surface area (Å²) in [6, 6.07) is 18.1. The summed E-state index contributed by atoms with van der Waals surface area (Å²) in [6.45, 7) is -0.577. The molecular weight excluding hydrogens is 538 g/mol. The van der Waals surface area contributed by atoms with E-state index in [-0.39, 0.29) is 22.9 Å². The zero-order valence-electron chi connectivity index (χ0n) is 19.0. The fourth-order valence-electron chi connectivity index (χ4n) is 3.14. The minimum atomic E-state index is -4.19. The Balaban J connectivity index is 1.88. The predicted molar refractivity (Wildman–Crippen MR) is 135 cm³/mol. The van der Waals surface area contributed by atoms with Crippen LogP contribution in [0.2, 0.25) is 0 Å². The highest BCUT2D eigenvalue weighted by Crippen LogP contribution is 2.31. The molecule has 0 aliphatic rings. The number of phenolic OH excluding ortho intramolecular Hbond substituents is 1. The van der Waals surface area contributed by atoms with Crippen molar-refractivity contribution < 1.29 is 27.8 Å². The zero-order chi connectivity index (χ0) is 25.4.